The van der Waals surface area contributed by atoms with Crippen LogP contribution in [-0.4, -0.2) is 93.2 Å². The number of likely N-dealkylation sites (tertiary alicyclic amines) is 1. The lowest BCUT2D eigenvalue weighted by atomic mass is 10.1. The summed E-state index contributed by atoms with van der Waals surface area (Å²) in [5.41, 5.74) is 5.54. The van der Waals surface area contributed by atoms with Crippen molar-refractivity contribution in [2.45, 2.75) is 97.4 Å². The molecule has 2 aromatic carbocycles. The summed E-state index contributed by atoms with van der Waals surface area (Å²) < 4.78 is 84.5. The molecule has 18 nitrogen and oxygen atoms in total. The highest BCUT2D eigenvalue weighted by Gasteiger charge is 2.27. The van der Waals surface area contributed by atoms with E-state index in [1.165, 1.54) is 42.5 Å². The lowest BCUT2D eigenvalue weighted by Crippen LogP contribution is -2.48. The molecule has 0 radical (unpaired) electrons. The molecule has 4 amide bonds. The van der Waals surface area contributed by atoms with Gasteiger partial charge in [-0.25, -0.2) is 23.6 Å². The zero-order chi connectivity index (χ0) is 43.1. The van der Waals surface area contributed by atoms with Crippen LogP contribution in [-0.2, 0) is 35.4 Å². The SMILES string of the molecule is CC(C)(C)OC(=O)N1CCC(NC(=O)Nc2ccc(F)cc2)CC1.CCC(N)CCNC(=O)OC(C)(C)C.O=C=Nc1ccc(OS(=O)(=O)F)cc1.O=S(=O)=O. The minimum absolute atomic E-state index is 0.0101. The molecule has 1 atom stereocenters. The number of carbonyl (C=O) groups excluding carboxylic acids is 4. The normalized spacial score (nSPS) is 13.1. The number of hydrogen-bond donors (Lipinski definition) is 4. The molecular weight excluding hydrogens is 787 g/mol. The van der Waals surface area contributed by atoms with E-state index in [-0.39, 0.29) is 47.6 Å². The van der Waals surface area contributed by atoms with E-state index in [0.717, 1.165) is 25.0 Å². The molecule has 0 saturated carbocycles. The van der Waals surface area contributed by atoms with Gasteiger partial charge in [-0.3, -0.25) is 0 Å². The number of nitrogens with zero attached hydrogens (tertiary/aromatic N) is 2. The third-order valence-corrected chi connectivity index (χ3v) is 6.89. The molecule has 22 heteroatoms. The van der Waals surface area contributed by atoms with Gasteiger partial charge in [0.1, 0.15) is 22.8 Å². The van der Waals surface area contributed by atoms with Gasteiger partial charge in [-0.05, 0) is 116 Å². The number of anilines is 1. The third kappa shape index (κ3) is 28.3. The minimum atomic E-state index is -5.01. The number of nitrogens with one attached hydrogen (secondary N) is 3. The van der Waals surface area contributed by atoms with Gasteiger partial charge in [0.2, 0.25) is 6.08 Å². The van der Waals surface area contributed by atoms with Crippen molar-refractivity contribution >= 4 is 56.8 Å². The molecule has 1 aliphatic heterocycles. The Bertz CT molecular complexity index is 1790. The first kappa shape index (κ1) is 50.8. The summed E-state index contributed by atoms with van der Waals surface area (Å²) >= 11 is 0. The van der Waals surface area contributed by atoms with Crippen LogP contribution < -0.4 is 25.9 Å². The van der Waals surface area contributed by atoms with Crippen LogP contribution in [0.3, 0.4) is 0 Å². The number of urea groups is 1. The highest BCUT2D eigenvalue weighted by Crippen LogP contribution is 2.19. The van der Waals surface area contributed by atoms with Gasteiger partial charge in [-0.2, -0.15) is 13.4 Å². The number of benzene rings is 2. The molecule has 1 heterocycles. The fourth-order valence-electron chi connectivity index (χ4n) is 4.04. The summed E-state index contributed by atoms with van der Waals surface area (Å²) in [6.45, 7) is 14.7. The molecule has 56 heavy (non-hydrogen) atoms. The second-order valence-corrected chi connectivity index (χ2v) is 15.0. The molecule has 3 rings (SSSR count). The first-order valence-electron chi connectivity index (χ1n) is 16.9. The van der Waals surface area contributed by atoms with E-state index in [4.69, 9.17) is 27.8 Å². The molecule has 0 spiro atoms. The smallest absolute Gasteiger partial charge is 0.444 e. The lowest BCUT2D eigenvalue weighted by Gasteiger charge is -2.33. The number of halogens is 2. The summed E-state index contributed by atoms with van der Waals surface area (Å²) in [5.74, 6) is -0.548. The number of hydrogen-bond acceptors (Lipinski definition) is 14. The van der Waals surface area contributed by atoms with Gasteiger partial charge in [-0.1, -0.05) is 10.8 Å². The molecule has 314 valence electrons. The van der Waals surface area contributed by atoms with Crippen LogP contribution >= 0.6 is 0 Å². The Balaban J connectivity index is 0.000000815. The molecule has 5 N–H and O–H groups in total. The number of aliphatic imine (C=N–C) groups is 1. The van der Waals surface area contributed by atoms with E-state index in [0.29, 0.717) is 38.2 Å². The lowest BCUT2D eigenvalue weighted by molar-refractivity contribution is 0.0201. The average molecular weight is 837 g/mol. The van der Waals surface area contributed by atoms with Gasteiger partial charge in [0.15, 0.2) is 0 Å². The van der Waals surface area contributed by atoms with E-state index >= 15 is 0 Å². The fraction of sp³-hybridized carbons (Fsp3) is 0.529. The van der Waals surface area contributed by atoms with Crippen molar-refractivity contribution in [3.05, 3.63) is 54.3 Å². The first-order chi connectivity index (χ1) is 25.8. The van der Waals surface area contributed by atoms with E-state index in [2.05, 4.69) is 25.1 Å². The molecule has 1 aliphatic rings. The molecule has 1 unspecified atom stereocenters. The summed E-state index contributed by atoms with van der Waals surface area (Å²) in [6.07, 6.45) is 3.64. The molecule has 1 saturated heterocycles. The highest BCUT2D eigenvalue weighted by molar-refractivity contribution is 7.81. The standard InChI is InChI=1S/C17H24FN3O3.C10H22N2O2.C7H4FNO4S.O3S/c1-17(2,3)24-16(23)21-10-8-14(9-11-21)20-15(22)19-13-6-4-12(18)5-7-13;1-5-8(11)6-7-12-9(13)14-10(2,3)4;8-14(11,12)13-7-3-1-6(2-4-7)9-5-10;1-4(2)3/h4-7,14H,8-11H2,1-3H3,(H2,19,20,22);8H,5-7,11H2,1-4H3,(H,12,13);1-4H;. The van der Waals surface area contributed by atoms with Crippen LogP contribution in [0.1, 0.15) is 74.1 Å². The van der Waals surface area contributed by atoms with Gasteiger partial charge >= 0.3 is 39.3 Å². The maximum Gasteiger partial charge on any atom is 0.488 e. The Morgan fingerprint density at radius 1 is 0.964 bits per heavy atom. The van der Waals surface area contributed by atoms with Crippen LogP contribution in [0.5, 0.6) is 5.75 Å². The number of amides is 4. The second kappa shape index (κ2) is 25.1. The van der Waals surface area contributed by atoms with Crippen LogP contribution in [0.2, 0.25) is 0 Å². The average Bonchev–Trinajstić information content (AvgIpc) is 3.05. The largest absolute Gasteiger partial charge is 0.488 e. The van der Waals surface area contributed by atoms with E-state index in [1.807, 2.05) is 48.5 Å². The minimum Gasteiger partial charge on any atom is -0.444 e. The van der Waals surface area contributed by atoms with Crippen LogP contribution in [0.4, 0.5) is 34.0 Å². The summed E-state index contributed by atoms with van der Waals surface area (Å²) in [6, 6.07) is 10.3. The van der Waals surface area contributed by atoms with Gasteiger partial charge in [0, 0.05) is 37.4 Å². The number of rotatable bonds is 9. The van der Waals surface area contributed by atoms with Gasteiger partial charge in [0.25, 0.3) is 0 Å². The number of carbonyl (C=O) groups is 3. The predicted molar refractivity (Wildman–Crippen MR) is 201 cm³/mol. The Hall–Kier alpha value is -5.18. The van der Waals surface area contributed by atoms with Crippen molar-refractivity contribution in [2.24, 2.45) is 10.7 Å². The quantitative estimate of drug-likeness (QED) is 0.144. The van der Waals surface area contributed by atoms with Crippen molar-refractivity contribution in [3.63, 3.8) is 0 Å². The highest BCUT2D eigenvalue weighted by atomic mass is 32.3. The molecule has 0 aromatic heterocycles. The van der Waals surface area contributed by atoms with Crippen molar-refractivity contribution in [1.29, 1.82) is 0 Å². The molecule has 1 fully saturated rings. The summed E-state index contributed by atoms with van der Waals surface area (Å²) in [4.78, 5) is 49.8. The molecule has 2 aromatic rings. The zero-order valence-corrected chi connectivity index (χ0v) is 33.8. The zero-order valence-electron chi connectivity index (χ0n) is 32.2. The van der Waals surface area contributed by atoms with Crippen molar-refractivity contribution in [2.75, 3.05) is 25.0 Å². The van der Waals surface area contributed by atoms with E-state index < -0.39 is 32.3 Å². The molecule has 0 bridgehead atoms. The van der Waals surface area contributed by atoms with E-state index in [1.54, 1.807) is 4.90 Å². The Morgan fingerprint density at radius 2 is 1.48 bits per heavy atom. The van der Waals surface area contributed by atoms with Gasteiger partial charge in [0.05, 0.1) is 5.69 Å². The fourth-order valence-corrected chi connectivity index (χ4v) is 4.38. The molecular formula is C34H50F2N6O12S2. The monoisotopic (exact) mass is 836 g/mol. The second-order valence-electron chi connectivity index (χ2n) is 13.6. The van der Waals surface area contributed by atoms with Crippen LogP contribution in [0, 0.1) is 5.82 Å². The van der Waals surface area contributed by atoms with E-state index in [9.17, 15) is 35.9 Å². The molecule has 0 aliphatic carbocycles. The van der Waals surface area contributed by atoms with Crippen molar-refractivity contribution < 1.29 is 62.2 Å². The summed E-state index contributed by atoms with van der Waals surface area (Å²) in [5, 5.41) is 8.19. The van der Waals surface area contributed by atoms with Gasteiger partial charge in [-0.15, -0.1) is 12.6 Å². The number of ether oxygens (including phenoxy) is 2. The van der Waals surface area contributed by atoms with Crippen LogP contribution in [0.15, 0.2) is 53.5 Å². The Kier molecular flexibility index (Phi) is 22.8. The number of alkyl carbamates (subject to hydrolysis) is 1. The first-order valence-corrected chi connectivity index (χ1v) is 19.3. The summed E-state index contributed by atoms with van der Waals surface area (Å²) in [7, 11) is -8.12. The third-order valence-electron chi connectivity index (χ3n) is 6.50. The maximum absolute atomic E-state index is 12.8. The topological polar surface area (TPSA) is 259 Å². The Morgan fingerprint density at radius 3 is 1.93 bits per heavy atom. The van der Waals surface area contributed by atoms with Crippen molar-refractivity contribution in [1.82, 2.24) is 15.5 Å². The predicted octanol–water partition coefficient (Wildman–Crippen LogP) is 5.23. The number of piperidine rings is 1. The number of nitrogens with two attached hydrogens (primary N) is 1. The Labute approximate surface area is 327 Å². The maximum atomic E-state index is 12.8. The number of isocyanates is 1. The van der Waals surface area contributed by atoms with Crippen molar-refractivity contribution in [3.8, 4) is 5.75 Å². The van der Waals surface area contributed by atoms with Gasteiger partial charge < -0.3 is 40.2 Å². The van der Waals surface area contributed by atoms with Crippen LogP contribution in [0.25, 0.3) is 0 Å².